The van der Waals surface area contributed by atoms with E-state index < -0.39 is 0 Å². The molecule has 1 aliphatic rings. The van der Waals surface area contributed by atoms with Gasteiger partial charge in [0.2, 0.25) is 0 Å². The van der Waals surface area contributed by atoms with E-state index in [9.17, 15) is 0 Å². The molecule has 1 aromatic carbocycles. The van der Waals surface area contributed by atoms with E-state index in [1.54, 1.807) is 0 Å². The van der Waals surface area contributed by atoms with Crippen LogP contribution in [-0.4, -0.2) is 4.98 Å². The first-order chi connectivity index (χ1) is 9.93. The molecule has 1 nitrogen and oxygen atoms in total. The topological polar surface area (TPSA) is 12.9 Å². The molecule has 0 N–H and O–H groups in total. The van der Waals surface area contributed by atoms with Crippen molar-refractivity contribution < 1.29 is 0 Å². The van der Waals surface area contributed by atoms with Crippen molar-refractivity contribution in [3.63, 3.8) is 0 Å². The van der Waals surface area contributed by atoms with E-state index in [-0.39, 0.29) is 0 Å². The lowest BCUT2D eigenvalue weighted by atomic mass is 10.0. The van der Waals surface area contributed by atoms with E-state index >= 15 is 0 Å². The smallest absolute Gasteiger partial charge is 0.0716 e. The number of thiophene rings is 1. The third-order valence-corrected chi connectivity index (χ3v) is 4.86. The van der Waals surface area contributed by atoms with Crippen LogP contribution in [0.1, 0.15) is 10.4 Å². The van der Waals surface area contributed by atoms with Gasteiger partial charge in [0.05, 0.1) is 5.69 Å². The van der Waals surface area contributed by atoms with E-state index in [0.717, 1.165) is 12.1 Å². The Morgan fingerprint density at radius 2 is 2.00 bits per heavy atom. The van der Waals surface area contributed by atoms with Gasteiger partial charge < -0.3 is 0 Å². The summed E-state index contributed by atoms with van der Waals surface area (Å²) in [7, 11) is 0. The molecule has 0 aliphatic heterocycles. The molecule has 2 aromatic heterocycles. The molecule has 3 aromatic rings. The molecule has 0 saturated carbocycles. The predicted molar refractivity (Wildman–Crippen MR) is 86.9 cm³/mol. The zero-order chi connectivity index (χ0) is 13.4. The molecule has 0 atom stereocenters. The Labute approximate surface area is 121 Å². The van der Waals surface area contributed by atoms with E-state index in [1.165, 1.54) is 26.1 Å². The highest BCUT2D eigenvalue weighted by Gasteiger charge is 2.14. The molecule has 0 fully saturated rings. The zero-order valence-electron chi connectivity index (χ0n) is 10.9. The van der Waals surface area contributed by atoms with Gasteiger partial charge in [-0.25, -0.2) is 0 Å². The Bertz CT molecular complexity index is 825. The van der Waals surface area contributed by atoms with E-state index in [1.807, 2.05) is 29.7 Å². The largest absolute Gasteiger partial charge is 0.256 e. The molecule has 20 heavy (non-hydrogen) atoms. The summed E-state index contributed by atoms with van der Waals surface area (Å²) in [6, 6.07) is 12.6. The van der Waals surface area contributed by atoms with Crippen molar-refractivity contribution in [3.8, 4) is 11.3 Å². The quantitative estimate of drug-likeness (QED) is 0.603. The highest BCUT2D eigenvalue weighted by molar-refractivity contribution is 7.20. The Balaban J connectivity index is 2.01. The van der Waals surface area contributed by atoms with Crippen molar-refractivity contribution in [3.05, 3.63) is 71.3 Å². The molecular weight excluding hydrogens is 262 g/mol. The lowest BCUT2D eigenvalue weighted by Crippen LogP contribution is -1.82. The van der Waals surface area contributed by atoms with Gasteiger partial charge in [-0.05, 0) is 17.7 Å². The van der Waals surface area contributed by atoms with E-state index in [0.29, 0.717) is 0 Å². The van der Waals surface area contributed by atoms with Crippen LogP contribution in [0.2, 0.25) is 0 Å². The number of hydrogen-bond acceptors (Lipinski definition) is 2. The predicted octanol–water partition coefficient (Wildman–Crippen LogP) is 5.09. The zero-order valence-corrected chi connectivity index (χ0v) is 11.7. The van der Waals surface area contributed by atoms with Crippen LogP contribution in [0.15, 0.2) is 60.8 Å². The van der Waals surface area contributed by atoms with Crippen molar-refractivity contribution >= 4 is 27.5 Å². The molecule has 0 radical (unpaired) electrons. The second kappa shape index (κ2) is 4.73. The normalized spacial score (nSPS) is 13.4. The summed E-state index contributed by atoms with van der Waals surface area (Å²) in [6.07, 6.45) is 11.6. The molecule has 4 rings (SSSR count). The summed E-state index contributed by atoms with van der Waals surface area (Å²) in [5.41, 5.74) is 3.65. The number of rotatable bonds is 1. The first-order valence-corrected chi connectivity index (χ1v) is 7.54. The van der Waals surface area contributed by atoms with Gasteiger partial charge in [-0.15, -0.1) is 11.3 Å². The molecule has 1 aliphatic carbocycles. The van der Waals surface area contributed by atoms with Gasteiger partial charge in [-0.2, -0.15) is 0 Å². The lowest BCUT2D eigenvalue weighted by molar-refractivity contribution is 1.33. The second-order valence-corrected chi connectivity index (χ2v) is 5.93. The van der Waals surface area contributed by atoms with Crippen LogP contribution in [0.4, 0.5) is 0 Å². The standard InChI is InChI=1S/C18H13NS/c1-2-7-13-14-8-6-9-15(16-10-4-5-12-19-16)18(14)20-17(13)11-3-1/h1-10,12H,11H2. The number of hydrogen-bond donors (Lipinski definition) is 0. The molecule has 0 spiro atoms. The molecule has 0 amide bonds. The van der Waals surface area contributed by atoms with Crippen LogP contribution in [-0.2, 0) is 6.42 Å². The maximum Gasteiger partial charge on any atom is 0.0716 e. The Morgan fingerprint density at radius 3 is 2.90 bits per heavy atom. The van der Waals surface area contributed by atoms with E-state index in [4.69, 9.17) is 0 Å². The van der Waals surface area contributed by atoms with Gasteiger partial charge in [0.25, 0.3) is 0 Å². The highest BCUT2D eigenvalue weighted by Crippen LogP contribution is 2.39. The van der Waals surface area contributed by atoms with Crippen molar-refractivity contribution in [1.82, 2.24) is 4.98 Å². The van der Waals surface area contributed by atoms with Crippen LogP contribution in [0.25, 0.3) is 27.4 Å². The fourth-order valence-electron chi connectivity index (χ4n) is 2.65. The number of nitrogens with zero attached hydrogens (tertiary/aromatic N) is 1. The Kier molecular flexibility index (Phi) is 2.75. The average Bonchev–Trinajstić information content (AvgIpc) is 2.70. The van der Waals surface area contributed by atoms with Crippen LogP contribution >= 0.6 is 11.3 Å². The molecule has 0 unspecified atom stereocenters. The summed E-state index contributed by atoms with van der Waals surface area (Å²) >= 11 is 1.89. The third kappa shape index (κ3) is 1.81. The number of pyridine rings is 1. The first kappa shape index (κ1) is 11.6. The van der Waals surface area contributed by atoms with Gasteiger partial charge >= 0.3 is 0 Å². The van der Waals surface area contributed by atoms with Crippen LogP contribution < -0.4 is 0 Å². The molecule has 2 heteroatoms. The molecule has 96 valence electrons. The summed E-state index contributed by atoms with van der Waals surface area (Å²) in [6.45, 7) is 0. The molecule has 0 bridgehead atoms. The molecule has 2 heterocycles. The monoisotopic (exact) mass is 275 g/mol. The maximum absolute atomic E-state index is 4.50. The Hall–Kier alpha value is -2.19. The summed E-state index contributed by atoms with van der Waals surface area (Å²) in [4.78, 5) is 5.94. The Morgan fingerprint density at radius 1 is 1.00 bits per heavy atom. The fourth-order valence-corrected chi connectivity index (χ4v) is 3.94. The number of allylic oxidation sites excluding steroid dienone is 3. The molecular formula is C18H13NS. The first-order valence-electron chi connectivity index (χ1n) is 6.72. The number of benzene rings is 1. The van der Waals surface area contributed by atoms with Crippen LogP contribution in [0.3, 0.4) is 0 Å². The van der Waals surface area contributed by atoms with Gasteiger partial charge in [0.1, 0.15) is 0 Å². The van der Waals surface area contributed by atoms with Crippen molar-refractivity contribution in [2.75, 3.05) is 0 Å². The molecule has 0 saturated heterocycles. The van der Waals surface area contributed by atoms with E-state index in [2.05, 4.69) is 53.6 Å². The number of fused-ring (bicyclic) bond motifs is 3. The number of aromatic nitrogens is 1. The van der Waals surface area contributed by atoms with Crippen LogP contribution in [0, 0.1) is 0 Å². The fraction of sp³-hybridized carbons (Fsp3) is 0.0556. The van der Waals surface area contributed by atoms with Gasteiger partial charge in [-0.1, -0.05) is 48.6 Å². The lowest BCUT2D eigenvalue weighted by Gasteiger charge is -2.02. The highest BCUT2D eigenvalue weighted by atomic mass is 32.1. The average molecular weight is 275 g/mol. The van der Waals surface area contributed by atoms with Gasteiger partial charge in [-0.3, -0.25) is 4.98 Å². The minimum Gasteiger partial charge on any atom is -0.256 e. The van der Waals surface area contributed by atoms with Crippen molar-refractivity contribution in [2.45, 2.75) is 6.42 Å². The minimum atomic E-state index is 1.02. The second-order valence-electron chi connectivity index (χ2n) is 4.83. The third-order valence-electron chi connectivity index (χ3n) is 3.59. The minimum absolute atomic E-state index is 1.02. The van der Waals surface area contributed by atoms with Gasteiger partial charge in [0.15, 0.2) is 0 Å². The van der Waals surface area contributed by atoms with Crippen molar-refractivity contribution in [2.24, 2.45) is 0 Å². The van der Waals surface area contributed by atoms with Crippen LogP contribution in [0.5, 0.6) is 0 Å². The SMILES string of the molecule is C1=CCc2sc3c(-c4ccccn4)cccc3c2C=C1. The summed E-state index contributed by atoms with van der Waals surface area (Å²) in [5.74, 6) is 0. The summed E-state index contributed by atoms with van der Waals surface area (Å²) in [5, 5.41) is 1.34. The maximum atomic E-state index is 4.50. The van der Waals surface area contributed by atoms with Gasteiger partial charge in [0, 0.05) is 33.1 Å². The summed E-state index contributed by atoms with van der Waals surface area (Å²) < 4.78 is 1.34. The van der Waals surface area contributed by atoms with Crippen molar-refractivity contribution in [1.29, 1.82) is 0 Å².